The number of rotatable bonds is 6. The molecule has 2 aromatic carbocycles. The van der Waals surface area contributed by atoms with Crippen LogP contribution < -0.4 is 21.1 Å². The van der Waals surface area contributed by atoms with E-state index in [0.717, 1.165) is 6.07 Å². The van der Waals surface area contributed by atoms with Crippen molar-refractivity contribution in [2.45, 2.75) is 25.3 Å². The standard InChI is InChI=1S/C25H20FN5O4/c1-13(32)17-6-7-19(26)22(23(17)35-24(33)15-3-2-4-16(28)9-15)18-10-20(18)30-25(34)31-21-8-5-14(11-27)12-29-21/h2-9,12,18,20H,10,28H2,1H3,(H2,29,30,31,34)/t18-,20+/m1/s1. The summed E-state index contributed by atoms with van der Waals surface area (Å²) in [6.07, 6.45) is 1.69. The van der Waals surface area contributed by atoms with Crippen LogP contribution in [-0.2, 0) is 0 Å². The van der Waals surface area contributed by atoms with Crippen molar-refractivity contribution in [1.29, 1.82) is 5.26 Å². The number of esters is 1. The van der Waals surface area contributed by atoms with E-state index in [0.29, 0.717) is 17.7 Å². The molecule has 4 N–H and O–H groups in total. The van der Waals surface area contributed by atoms with Gasteiger partial charge in [0.25, 0.3) is 0 Å². The van der Waals surface area contributed by atoms with Gasteiger partial charge in [-0.1, -0.05) is 6.07 Å². The zero-order chi connectivity index (χ0) is 25.1. The van der Waals surface area contributed by atoms with Gasteiger partial charge in [-0.25, -0.2) is 19.0 Å². The second kappa shape index (κ2) is 9.61. The molecule has 35 heavy (non-hydrogen) atoms. The highest BCUT2D eigenvalue weighted by atomic mass is 19.1. The summed E-state index contributed by atoms with van der Waals surface area (Å²) in [5.41, 5.74) is 6.66. The number of ether oxygens (including phenoxy) is 1. The normalized spacial score (nSPS) is 16.0. The minimum Gasteiger partial charge on any atom is -0.422 e. The highest BCUT2D eigenvalue weighted by Gasteiger charge is 2.44. The summed E-state index contributed by atoms with van der Waals surface area (Å²) >= 11 is 0. The molecule has 3 aromatic rings. The summed E-state index contributed by atoms with van der Waals surface area (Å²) in [6.45, 7) is 1.29. The third kappa shape index (κ3) is 5.25. The maximum absolute atomic E-state index is 14.9. The number of halogens is 1. The molecule has 4 rings (SSSR count). The number of hydrogen-bond donors (Lipinski definition) is 3. The van der Waals surface area contributed by atoms with Crippen molar-refractivity contribution in [3.63, 3.8) is 0 Å². The maximum atomic E-state index is 14.9. The molecule has 1 heterocycles. The van der Waals surface area contributed by atoms with Gasteiger partial charge in [-0.05, 0) is 55.8 Å². The molecule has 2 amide bonds. The Balaban J connectivity index is 1.54. The molecule has 1 saturated carbocycles. The van der Waals surface area contributed by atoms with Gasteiger partial charge in [0.05, 0.1) is 16.7 Å². The van der Waals surface area contributed by atoms with Gasteiger partial charge in [-0.3, -0.25) is 10.1 Å². The second-order valence-electron chi connectivity index (χ2n) is 8.00. The molecule has 2 atom stereocenters. The number of amides is 2. The lowest BCUT2D eigenvalue weighted by Gasteiger charge is -2.15. The van der Waals surface area contributed by atoms with Crippen molar-refractivity contribution in [3.8, 4) is 11.8 Å². The molecule has 0 bridgehead atoms. The van der Waals surface area contributed by atoms with Gasteiger partial charge >= 0.3 is 12.0 Å². The first kappa shape index (κ1) is 23.4. The van der Waals surface area contributed by atoms with Crippen LogP contribution in [0.3, 0.4) is 0 Å². The number of benzene rings is 2. The number of anilines is 2. The topological polar surface area (TPSA) is 147 Å². The Morgan fingerprint density at radius 1 is 1.20 bits per heavy atom. The van der Waals surface area contributed by atoms with Crippen molar-refractivity contribution in [3.05, 3.63) is 82.8 Å². The van der Waals surface area contributed by atoms with Crippen molar-refractivity contribution < 1.29 is 23.5 Å². The largest absolute Gasteiger partial charge is 0.422 e. The summed E-state index contributed by atoms with van der Waals surface area (Å²) in [5.74, 6) is -2.31. The van der Waals surface area contributed by atoms with E-state index >= 15 is 0 Å². The molecule has 10 heteroatoms. The quantitative estimate of drug-likeness (QED) is 0.214. The smallest absolute Gasteiger partial charge is 0.343 e. The van der Waals surface area contributed by atoms with Crippen molar-refractivity contribution in [2.75, 3.05) is 11.1 Å². The third-order valence-corrected chi connectivity index (χ3v) is 5.45. The van der Waals surface area contributed by atoms with E-state index in [9.17, 15) is 18.8 Å². The number of urea groups is 1. The predicted molar refractivity (Wildman–Crippen MR) is 124 cm³/mol. The van der Waals surface area contributed by atoms with Crippen molar-refractivity contribution in [2.24, 2.45) is 0 Å². The molecule has 1 fully saturated rings. The van der Waals surface area contributed by atoms with Gasteiger partial charge in [0, 0.05) is 29.4 Å². The molecular formula is C25H20FN5O4. The first-order chi connectivity index (χ1) is 16.8. The predicted octanol–water partition coefficient (Wildman–Crippen LogP) is 3.77. The molecule has 0 saturated heterocycles. The van der Waals surface area contributed by atoms with E-state index in [-0.39, 0.29) is 28.3 Å². The molecule has 0 spiro atoms. The average Bonchev–Trinajstić information content (AvgIpc) is 3.57. The first-order valence-electron chi connectivity index (χ1n) is 10.6. The summed E-state index contributed by atoms with van der Waals surface area (Å²) in [7, 11) is 0. The first-order valence-corrected chi connectivity index (χ1v) is 10.6. The number of carbonyl (C=O) groups is 3. The van der Waals surface area contributed by atoms with Crippen LogP contribution in [0.25, 0.3) is 0 Å². The Morgan fingerprint density at radius 3 is 2.66 bits per heavy atom. The molecule has 1 aliphatic rings. The third-order valence-electron chi connectivity index (χ3n) is 5.45. The number of nitrogens with zero attached hydrogens (tertiary/aromatic N) is 2. The fourth-order valence-electron chi connectivity index (χ4n) is 3.65. The lowest BCUT2D eigenvalue weighted by atomic mass is 10.0. The number of carbonyl (C=O) groups excluding carboxylic acids is 3. The molecule has 176 valence electrons. The zero-order valence-electron chi connectivity index (χ0n) is 18.5. The van der Waals surface area contributed by atoms with Gasteiger partial charge in [-0.2, -0.15) is 5.26 Å². The summed E-state index contributed by atoms with van der Waals surface area (Å²) in [6, 6.07) is 12.4. The van der Waals surface area contributed by atoms with Gasteiger partial charge in [0.2, 0.25) is 0 Å². The Hall–Kier alpha value is -4.78. The van der Waals surface area contributed by atoms with E-state index in [1.165, 1.54) is 43.5 Å². The van der Waals surface area contributed by atoms with Crippen LogP contribution in [0.5, 0.6) is 5.75 Å². The Morgan fingerprint density at radius 2 is 2.00 bits per heavy atom. The van der Waals surface area contributed by atoms with Crippen LogP contribution in [0.4, 0.5) is 20.7 Å². The van der Waals surface area contributed by atoms with Crippen LogP contribution in [0, 0.1) is 17.1 Å². The Labute approximate surface area is 199 Å². The zero-order valence-corrected chi connectivity index (χ0v) is 18.5. The van der Waals surface area contributed by atoms with Gasteiger partial charge in [-0.15, -0.1) is 0 Å². The number of ketones is 1. The number of Topliss-reactive ketones (excluding diaryl/α,β-unsaturated/α-hetero) is 1. The van der Waals surface area contributed by atoms with Crippen LogP contribution >= 0.6 is 0 Å². The van der Waals surface area contributed by atoms with Gasteiger partial charge in [0.15, 0.2) is 5.78 Å². The number of nitrogens with one attached hydrogen (secondary N) is 2. The monoisotopic (exact) mass is 473 g/mol. The van der Waals surface area contributed by atoms with E-state index in [2.05, 4.69) is 15.6 Å². The van der Waals surface area contributed by atoms with Crippen molar-refractivity contribution in [1.82, 2.24) is 10.3 Å². The van der Waals surface area contributed by atoms with Crippen LogP contribution in [0.15, 0.2) is 54.7 Å². The molecular weight excluding hydrogens is 453 g/mol. The van der Waals surface area contributed by atoms with E-state index in [1.54, 1.807) is 12.1 Å². The van der Waals surface area contributed by atoms with E-state index in [1.807, 2.05) is 6.07 Å². The SMILES string of the molecule is CC(=O)c1ccc(F)c([C@@H]2C[C@@H]2NC(=O)Nc2ccc(C#N)cn2)c1OC(=O)c1cccc(N)c1. The molecule has 0 unspecified atom stereocenters. The minimum atomic E-state index is -0.790. The number of hydrogen-bond acceptors (Lipinski definition) is 7. The lowest BCUT2D eigenvalue weighted by molar-refractivity contribution is 0.0730. The average molecular weight is 473 g/mol. The minimum absolute atomic E-state index is 0.0387. The summed E-state index contributed by atoms with van der Waals surface area (Å²) < 4.78 is 20.5. The Bertz CT molecular complexity index is 1370. The van der Waals surface area contributed by atoms with Crippen LogP contribution in [0.2, 0.25) is 0 Å². The molecule has 9 nitrogen and oxygen atoms in total. The summed E-state index contributed by atoms with van der Waals surface area (Å²) in [5, 5.41) is 14.1. The highest BCUT2D eigenvalue weighted by Crippen LogP contribution is 2.47. The second-order valence-corrected chi connectivity index (χ2v) is 8.00. The van der Waals surface area contributed by atoms with E-state index in [4.69, 9.17) is 15.7 Å². The molecule has 0 radical (unpaired) electrons. The molecule has 0 aliphatic heterocycles. The highest BCUT2D eigenvalue weighted by molar-refractivity contribution is 6.00. The number of nitrogens with two attached hydrogens (primary N) is 1. The Kier molecular flexibility index (Phi) is 6.42. The lowest BCUT2D eigenvalue weighted by Crippen LogP contribution is -2.31. The molecule has 1 aromatic heterocycles. The van der Waals surface area contributed by atoms with E-state index < -0.39 is 35.6 Å². The summed E-state index contributed by atoms with van der Waals surface area (Å²) in [4.78, 5) is 41.3. The van der Waals surface area contributed by atoms with Gasteiger partial charge < -0.3 is 15.8 Å². The van der Waals surface area contributed by atoms with Crippen molar-refractivity contribution >= 4 is 29.3 Å². The number of nitrogen functional groups attached to an aromatic ring is 1. The van der Waals surface area contributed by atoms with Gasteiger partial charge in [0.1, 0.15) is 23.5 Å². The fraction of sp³-hybridized carbons (Fsp3) is 0.160. The molecule has 1 aliphatic carbocycles. The fourth-order valence-corrected chi connectivity index (χ4v) is 3.65. The van der Waals surface area contributed by atoms with Crippen LogP contribution in [0.1, 0.15) is 51.1 Å². The number of pyridine rings is 1. The van der Waals surface area contributed by atoms with Crippen LogP contribution in [-0.4, -0.2) is 28.8 Å². The maximum Gasteiger partial charge on any atom is 0.343 e. The number of aromatic nitrogens is 1. The number of nitriles is 1.